The molecule has 0 unspecified atom stereocenters. The lowest BCUT2D eigenvalue weighted by molar-refractivity contribution is -0.137. The highest BCUT2D eigenvalue weighted by atomic mass is 35.5. The van der Waals surface area contributed by atoms with Gasteiger partial charge in [-0.3, -0.25) is 4.79 Å². The number of carbonyl (C=O) groups is 2. The first-order valence-corrected chi connectivity index (χ1v) is 6.00. The van der Waals surface area contributed by atoms with Gasteiger partial charge in [0.05, 0.1) is 12.2 Å². The van der Waals surface area contributed by atoms with E-state index in [9.17, 15) is 14.7 Å². The van der Waals surface area contributed by atoms with Gasteiger partial charge >= 0.3 is 5.97 Å². The molecule has 0 aliphatic heterocycles. The van der Waals surface area contributed by atoms with Crippen LogP contribution in [-0.4, -0.2) is 23.5 Å². The topological polar surface area (TPSA) is 63.6 Å². The van der Waals surface area contributed by atoms with E-state index in [1.165, 1.54) is 12.1 Å². The van der Waals surface area contributed by atoms with Crippen molar-refractivity contribution >= 4 is 23.4 Å². The summed E-state index contributed by atoms with van der Waals surface area (Å²) in [5.41, 5.74) is 0.581. The van der Waals surface area contributed by atoms with E-state index in [1.54, 1.807) is 6.92 Å². The number of Topliss-reactive ketones (excluding diaryl/α,β-unsaturated/α-hetero) is 1. The quantitative estimate of drug-likeness (QED) is 0.519. The van der Waals surface area contributed by atoms with Crippen molar-refractivity contribution in [3.05, 3.63) is 28.3 Å². The maximum atomic E-state index is 11.7. The molecule has 0 aliphatic rings. The van der Waals surface area contributed by atoms with E-state index in [1.807, 2.05) is 13.8 Å². The summed E-state index contributed by atoms with van der Waals surface area (Å²) in [6, 6.07) is 2.70. The van der Waals surface area contributed by atoms with E-state index in [0.717, 1.165) is 5.56 Å². The van der Waals surface area contributed by atoms with Crippen LogP contribution in [0.2, 0.25) is 5.02 Å². The maximum Gasteiger partial charge on any atom is 0.379 e. The van der Waals surface area contributed by atoms with Gasteiger partial charge in [-0.1, -0.05) is 25.4 Å². The molecular formula is C13H15ClO4. The summed E-state index contributed by atoms with van der Waals surface area (Å²) >= 11 is 6.01. The first-order valence-electron chi connectivity index (χ1n) is 5.62. The minimum atomic E-state index is -0.999. The van der Waals surface area contributed by atoms with Crippen LogP contribution in [0.15, 0.2) is 12.1 Å². The lowest BCUT2D eigenvalue weighted by Gasteiger charge is -2.11. The van der Waals surface area contributed by atoms with Crippen LogP contribution in [0.5, 0.6) is 5.75 Å². The van der Waals surface area contributed by atoms with Crippen LogP contribution in [-0.2, 0) is 9.53 Å². The van der Waals surface area contributed by atoms with Crippen LogP contribution >= 0.6 is 11.6 Å². The van der Waals surface area contributed by atoms with E-state index < -0.39 is 11.8 Å². The van der Waals surface area contributed by atoms with Gasteiger partial charge in [-0.05, 0) is 30.5 Å². The Morgan fingerprint density at radius 1 is 1.39 bits per heavy atom. The first-order chi connectivity index (χ1) is 8.38. The summed E-state index contributed by atoms with van der Waals surface area (Å²) in [5.74, 6) is -2.05. The molecule has 18 heavy (non-hydrogen) atoms. The van der Waals surface area contributed by atoms with Crippen LogP contribution in [0.3, 0.4) is 0 Å². The summed E-state index contributed by atoms with van der Waals surface area (Å²) in [6.07, 6.45) is 0. The summed E-state index contributed by atoms with van der Waals surface area (Å²) in [5, 5.41) is 10.1. The van der Waals surface area contributed by atoms with Crippen molar-refractivity contribution in [3.8, 4) is 5.75 Å². The Hall–Kier alpha value is -1.55. The minimum Gasteiger partial charge on any atom is -0.507 e. The molecule has 0 saturated heterocycles. The third-order valence-corrected chi connectivity index (χ3v) is 2.77. The number of esters is 1. The highest BCUT2D eigenvalue weighted by Gasteiger charge is 2.23. The Balaban J connectivity index is 3.16. The maximum absolute atomic E-state index is 11.7. The summed E-state index contributed by atoms with van der Waals surface area (Å²) < 4.78 is 4.59. The van der Waals surface area contributed by atoms with E-state index in [0.29, 0.717) is 5.02 Å². The van der Waals surface area contributed by atoms with Gasteiger partial charge in [0.15, 0.2) is 0 Å². The molecule has 0 atom stereocenters. The Labute approximate surface area is 111 Å². The zero-order valence-electron chi connectivity index (χ0n) is 10.5. The van der Waals surface area contributed by atoms with Gasteiger partial charge in [-0.15, -0.1) is 0 Å². The highest BCUT2D eigenvalue weighted by molar-refractivity contribution is 6.42. The number of carbonyl (C=O) groups excluding carboxylic acids is 2. The average Bonchev–Trinajstić information content (AvgIpc) is 2.30. The molecule has 5 heteroatoms. The molecule has 0 amide bonds. The van der Waals surface area contributed by atoms with Gasteiger partial charge in [0.2, 0.25) is 0 Å². The lowest BCUT2D eigenvalue weighted by Crippen LogP contribution is -2.17. The highest BCUT2D eigenvalue weighted by Crippen LogP contribution is 2.31. The Morgan fingerprint density at radius 2 is 2.00 bits per heavy atom. The largest absolute Gasteiger partial charge is 0.507 e. The second-order valence-electron chi connectivity index (χ2n) is 4.10. The predicted octanol–water partition coefficient (Wildman–Crippen LogP) is 2.91. The van der Waals surface area contributed by atoms with Crippen LogP contribution in [0.1, 0.15) is 42.6 Å². The van der Waals surface area contributed by atoms with Crippen LogP contribution in [0.25, 0.3) is 0 Å². The van der Waals surface area contributed by atoms with Crippen molar-refractivity contribution in [1.82, 2.24) is 0 Å². The van der Waals surface area contributed by atoms with Gasteiger partial charge in [0, 0.05) is 5.02 Å². The van der Waals surface area contributed by atoms with Crippen molar-refractivity contribution in [2.24, 2.45) is 0 Å². The molecule has 1 rings (SSSR count). The van der Waals surface area contributed by atoms with Gasteiger partial charge in [0.1, 0.15) is 5.75 Å². The smallest absolute Gasteiger partial charge is 0.379 e. The van der Waals surface area contributed by atoms with E-state index in [4.69, 9.17) is 11.6 Å². The van der Waals surface area contributed by atoms with E-state index >= 15 is 0 Å². The molecule has 98 valence electrons. The third-order valence-electron chi connectivity index (χ3n) is 2.44. The molecule has 0 bridgehead atoms. The van der Waals surface area contributed by atoms with Crippen molar-refractivity contribution in [2.75, 3.05) is 6.61 Å². The zero-order valence-corrected chi connectivity index (χ0v) is 11.2. The molecule has 0 heterocycles. The van der Waals surface area contributed by atoms with Crippen molar-refractivity contribution in [2.45, 2.75) is 26.7 Å². The predicted molar refractivity (Wildman–Crippen MR) is 68.2 cm³/mol. The number of phenolic OH excluding ortho intramolecular Hbond substituents is 1. The van der Waals surface area contributed by atoms with Crippen LogP contribution < -0.4 is 0 Å². The molecule has 0 radical (unpaired) electrons. The lowest BCUT2D eigenvalue weighted by atomic mass is 9.99. The number of hydrogen-bond acceptors (Lipinski definition) is 4. The number of ether oxygens (including phenoxy) is 1. The zero-order chi connectivity index (χ0) is 13.9. The Kier molecular flexibility index (Phi) is 4.73. The average molecular weight is 271 g/mol. The molecule has 0 saturated carbocycles. The fourth-order valence-corrected chi connectivity index (χ4v) is 1.89. The number of rotatable bonds is 4. The molecule has 1 aromatic rings. The van der Waals surface area contributed by atoms with Gasteiger partial charge in [-0.2, -0.15) is 0 Å². The number of hydrogen-bond donors (Lipinski definition) is 1. The monoisotopic (exact) mass is 270 g/mol. The van der Waals surface area contributed by atoms with Crippen molar-refractivity contribution < 1.29 is 19.4 Å². The Bertz CT molecular complexity index is 480. The molecule has 1 aromatic carbocycles. The summed E-state index contributed by atoms with van der Waals surface area (Å²) in [6.45, 7) is 5.52. The molecule has 0 aromatic heterocycles. The molecule has 0 spiro atoms. The van der Waals surface area contributed by atoms with Gasteiger partial charge in [0.25, 0.3) is 5.78 Å². The van der Waals surface area contributed by atoms with Crippen molar-refractivity contribution in [3.63, 3.8) is 0 Å². The second-order valence-corrected chi connectivity index (χ2v) is 4.50. The molecule has 0 aliphatic carbocycles. The first kappa shape index (κ1) is 14.5. The summed E-state index contributed by atoms with van der Waals surface area (Å²) in [4.78, 5) is 23.0. The Morgan fingerprint density at radius 3 is 2.50 bits per heavy atom. The minimum absolute atomic E-state index is 0.100. The number of benzene rings is 1. The fourth-order valence-electron chi connectivity index (χ4n) is 1.51. The number of phenols is 1. The molecule has 1 N–H and O–H groups in total. The second kappa shape index (κ2) is 5.87. The van der Waals surface area contributed by atoms with Crippen molar-refractivity contribution in [1.29, 1.82) is 0 Å². The fraction of sp³-hybridized carbons (Fsp3) is 0.385. The number of ketones is 1. The number of aromatic hydroxyl groups is 1. The molecule has 4 nitrogen and oxygen atoms in total. The summed E-state index contributed by atoms with van der Waals surface area (Å²) in [7, 11) is 0. The normalized spacial score (nSPS) is 10.5. The van der Waals surface area contributed by atoms with Crippen LogP contribution in [0, 0.1) is 0 Å². The van der Waals surface area contributed by atoms with Crippen LogP contribution in [0.4, 0.5) is 0 Å². The van der Waals surface area contributed by atoms with Gasteiger partial charge < -0.3 is 9.84 Å². The van der Waals surface area contributed by atoms with Gasteiger partial charge in [-0.25, -0.2) is 4.79 Å². The molecule has 0 fully saturated rings. The van der Waals surface area contributed by atoms with E-state index in [-0.39, 0.29) is 23.8 Å². The standard InChI is InChI=1S/C13H15ClO4/c1-4-18-13(17)12(16)9-5-10(14)8(7(2)3)6-11(9)15/h5-7,15H,4H2,1-3H3. The third kappa shape index (κ3) is 3.01. The molecular weight excluding hydrogens is 256 g/mol. The SMILES string of the molecule is CCOC(=O)C(=O)c1cc(Cl)c(C(C)C)cc1O. The van der Waals surface area contributed by atoms with E-state index in [2.05, 4.69) is 4.74 Å². The number of halogens is 1.